The van der Waals surface area contributed by atoms with E-state index in [2.05, 4.69) is 53.6 Å². The van der Waals surface area contributed by atoms with Crippen LogP contribution < -0.4 is 10.6 Å². The van der Waals surface area contributed by atoms with Crippen molar-refractivity contribution < 1.29 is 24.2 Å². The summed E-state index contributed by atoms with van der Waals surface area (Å²) in [6, 6.07) is 25.1. The van der Waals surface area contributed by atoms with Gasteiger partial charge in [0.2, 0.25) is 5.91 Å². The molecule has 5 rings (SSSR count). The van der Waals surface area contributed by atoms with Gasteiger partial charge < -0.3 is 20.5 Å². The number of carbonyl (C=O) groups excluding carboxylic acids is 2. The molecule has 1 aliphatic carbocycles. The predicted molar refractivity (Wildman–Crippen MR) is 156 cm³/mol. The summed E-state index contributed by atoms with van der Waals surface area (Å²) >= 11 is 0. The van der Waals surface area contributed by atoms with E-state index < -0.39 is 24.0 Å². The van der Waals surface area contributed by atoms with Crippen molar-refractivity contribution in [3.05, 3.63) is 95.6 Å². The monoisotopic (exact) mass is 555 g/mol. The van der Waals surface area contributed by atoms with Crippen LogP contribution in [0.4, 0.5) is 4.79 Å². The minimum atomic E-state index is -1.03. The van der Waals surface area contributed by atoms with E-state index in [1.807, 2.05) is 54.6 Å². The van der Waals surface area contributed by atoms with Crippen LogP contribution in [-0.4, -0.2) is 59.8 Å². The van der Waals surface area contributed by atoms with Crippen LogP contribution in [0, 0.1) is 5.41 Å². The maximum Gasteiger partial charge on any atom is 0.407 e. The highest BCUT2D eigenvalue weighted by Crippen LogP contribution is 2.44. The fraction of sp³-hybridized carbons (Fsp3) is 0.364. The van der Waals surface area contributed by atoms with Crippen molar-refractivity contribution in [1.29, 1.82) is 0 Å². The number of carboxylic acid groups (broad SMARTS) is 1. The number of hydrogen-bond donors (Lipinski definition) is 3. The predicted octanol–water partition coefficient (Wildman–Crippen LogP) is 4.79. The first-order chi connectivity index (χ1) is 19.7. The second-order valence-corrected chi connectivity index (χ2v) is 11.7. The molecule has 0 radical (unpaired) electrons. The largest absolute Gasteiger partial charge is 0.481 e. The second-order valence-electron chi connectivity index (χ2n) is 11.7. The Morgan fingerprint density at radius 2 is 1.56 bits per heavy atom. The number of likely N-dealkylation sites (tertiary alicyclic amines) is 1. The molecule has 1 fully saturated rings. The average molecular weight is 556 g/mol. The summed E-state index contributed by atoms with van der Waals surface area (Å²) in [5, 5.41) is 15.0. The van der Waals surface area contributed by atoms with Gasteiger partial charge in [-0.25, -0.2) is 4.79 Å². The molecule has 0 bridgehead atoms. The number of nitrogens with one attached hydrogen (secondary N) is 2. The molecule has 1 aliphatic heterocycles. The van der Waals surface area contributed by atoms with Crippen molar-refractivity contribution in [3.8, 4) is 11.1 Å². The molecule has 3 aromatic carbocycles. The highest BCUT2D eigenvalue weighted by Gasteiger charge is 2.41. The molecule has 0 aromatic heterocycles. The number of carboxylic acids is 1. The minimum Gasteiger partial charge on any atom is -0.481 e. The van der Waals surface area contributed by atoms with Crippen molar-refractivity contribution in [1.82, 2.24) is 15.5 Å². The summed E-state index contributed by atoms with van der Waals surface area (Å²) in [4.78, 5) is 40.0. The molecule has 214 valence electrons. The van der Waals surface area contributed by atoms with Crippen LogP contribution in [0.3, 0.4) is 0 Å². The van der Waals surface area contributed by atoms with Gasteiger partial charge in [-0.3, -0.25) is 14.5 Å². The van der Waals surface area contributed by atoms with Crippen molar-refractivity contribution >= 4 is 18.0 Å². The number of ether oxygens (including phenoxy) is 1. The molecular weight excluding hydrogens is 518 g/mol. The lowest BCUT2D eigenvalue weighted by Gasteiger charge is -2.28. The van der Waals surface area contributed by atoms with Gasteiger partial charge in [0.1, 0.15) is 12.6 Å². The number of carbonyl (C=O) groups is 3. The van der Waals surface area contributed by atoms with Crippen molar-refractivity contribution in [2.75, 3.05) is 19.7 Å². The Morgan fingerprint density at radius 1 is 0.951 bits per heavy atom. The molecule has 2 aliphatic rings. The second kappa shape index (κ2) is 12.1. The third-order valence-corrected chi connectivity index (χ3v) is 8.18. The zero-order valence-electron chi connectivity index (χ0n) is 23.5. The van der Waals surface area contributed by atoms with Crippen LogP contribution in [0.2, 0.25) is 0 Å². The van der Waals surface area contributed by atoms with Crippen LogP contribution in [0.25, 0.3) is 11.1 Å². The molecule has 41 heavy (non-hydrogen) atoms. The normalized spacial score (nSPS) is 18.2. The van der Waals surface area contributed by atoms with Gasteiger partial charge in [-0.15, -0.1) is 0 Å². The lowest BCUT2D eigenvalue weighted by molar-refractivity contribution is -0.137. The Hall–Kier alpha value is -4.17. The number of nitrogens with zero attached hydrogens (tertiary/aromatic N) is 1. The molecule has 3 aromatic rings. The summed E-state index contributed by atoms with van der Waals surface area (Å²) in [6.45, 7) is 6.55. The van der Waals surface area contributed by atoms with Crippen LogP contribution in [0.1, 0.15) is 49.3 Å². The number of benzene rings is 3. The van der Waals surface area contributed by atoms with Crippen LogP contribution in [0.15, 0.2) is 78.9 Å². The zero-order chi connectivity index (χ0) is 29.0. The van der Waals surface area contributed by atoms with Gasteiger partial charge in [0, 0.05) is 38.0 Å². The molecule has 2 unspecified atom stereocenters. The van der Waals surface area contributed by atoms with E-state index in [-0.39, 0.29) is 36.8 Å². The van der Waals surface area contributed by atoms with Crippen molar-refractivity contribution in [2.45, 2.75) is 51.2 Å². The van der Waals surface area contributed by atoms with Gasteiger partial charge in [-0.05, 0) is 39.7 Å². The van der Waals surface area contributed by atoms with E-state index >= 15 is 0 Å². The maximum atomic E-state index is 13.4. The number of amides is 2. The minimum absolute atomic E-state index is 0.0355. The molecule has 1 saturated heterocycles. The van der Waals surface area contributed by atoms with E-state index in [0.717, 1.165) is 35.3 Å². The van der Waals surface area contributed by atoms with E-state index in [9.17, 15) is 19.5 Å². The topological polar surface area (TPSA) is 108 Å². The Balaban J connectivity index is 1.21. The molecule has 0 saturated carbocycles. The number of hydrogen-bond acceptors (Lipinski definition) is 5. The Labute approximate surface area is 240 Å². The smallest absolute Gasteiger partial charge is 0.407 e. The molecule has 3 N–H and O–H groups in total. The van der Waals surface area contributed by atoms with Gasteiger partial charge in [0.15, 0.2) is 0 Å². The molecule has 1 heterocycles. The highest BCUT2D eigenvalue weighted by molar-refractivity contribution is 5.86. The van der Waals surface area contributed by atoms with Gasteiger partial charge >= 0.3 is 12.1 Å². The van der Waals surface area contributed by atoms with Gasteiger partial charge in [-0.1, -0.05) is 92.7 Å². The van der Waals surface area contributed by atoms with E-state index in [0.29, 0.717) is 6.54 Å². The van der Waals surface area contributed by atoms with Gasteiger partial charge in [0.25, 0.3) is 0 Å². The first-order valence-corrected chi connectivity index (χ1v) is 14.1. The maximum absolute atomic E-state index is 13.4. The first-order valence-electron chi connectivity index (χ1n) is 14.1. The summed E-state index contributed by atoms with van der Waals surface area (Å²) in [5.41, 5.74) is 5.42. The standard InChI is InChI=1S/C33H37N3O5/c1-33(2)21-36(18-22-10-4-3-5-11-22)19-29(33)35-31(39)28(16-17-30(37)38)34-32(40)41-20-27-25-14-8-6-12-23(25)24-13-7-9-15-26(24)27/h3-15,27-29H,16-21H2,1-2H3,(H,34,40)(H,35,39)(H,37,38). The van der Waals surface area contributed by atoms with Crippen LogP contribution in [0.5, 0.6) is 0 Å². The molecular formula is C33H37N3O5. The number of fused-ring (bicyclic) bond motifs is 3. The first kappa shape index (κ1) is 28.4. The lowest BCUT2D eigenvalue weighted by Crippen LogP contribution is -2.53. The fourth-order valence-corrected chi connectivity index (χ4v) is 6.05. The van der Waals surface area contributed by atoms with E-state index in [1.165, 1.54) is 5.56 Å². The zero-order valence-corrected chi connectivity index (χ0v) is 23.5. The number of aliphatic carboxylic acids is 1. The molecule has 2 amide bonds. The van der Waals surface area contributed by atoms with E-state index in [1.54, 1.807) is 0 Å². The molecule has 2 atom stereocenters. The molecule has 0 spiro atoms. The Bertz CT molecular complexity index is 1360. The van der Waals surface area contributed by atoms with Crippen LogP contribution >= 0.6 is 0 Å². The number of rotatable bonds is 10. The van der Waals surface area contributed by atoms with Gasteiger partial charge in [-0.2, -0.15) is 0 Å². The van der Waals surface area contributed by atoms with Crippen molar-refractivity contribution in [3.63, 3.8) is 0 Å². The van der Waals surface area contributed by atoms with E-state index in [4.69, 9.17) is 4.74 Å². The Morgan fingerprint density at radius 3 is 2.20 bits per heavy atom. The fourth-order valence-electron chi connectivity index (χ4n) is 6.05. The molecule has 8 nitrogen and oxygen atoms in total. The third kappa shape index (κ3) is 6.60. The summed E-state index contributed by atoms with van der Waals surface area (Å²) < 4.78 is 5.64. The molecule has 8 heteroatoms. The summed E-state index contributed by atoms with van der Waals surface area (Å²) in [5.74, 6) is -1.55. The Kier molecular flexibility index (Phi) is 8.40. The van der Waals surface area contributed by atoms with Gasteiger partial charge in [0.05, 0.1) is 0 Å². The van der Waals surface area contributed by atoms with Crippen molar-refractivity contribution in [2.24, 2.45) is 5.41 Å². The van der Waals surface area contributed by atoms with Crippen LogP contribution in [-0.2, 0) is 20.9 Å². The summed E-state index contributed by atoms with van der Waals surface area (Å²) in [7, 11) is 0. The highest BCUT2D eigenvalue weighted by atomic mass is 16.5. The summed E-state index contributed by atoms with van der Waals surface area (Å²) in [6.07, 6.45) is -1.03. The number of alkyl carbamates (subject to hydrolysis) is 1. The SMILES string of the molecule is CC1(C)CN(Cc2ccccc2)CC1NC(=O)C(CCC(=O)O)NC(=O)OCC1c2ccccc2-c2ccccc21. The third-order valence-electron chi connectivity index (χ3n) is 8.18. The average Bonchev–Trinajstić information content (AvgIpc) is 3.42. The lowest BCUT2D eigenvalue weighted by atomic mass is 9.87. The quantitative estimate of drug-likeness (QED) is 0.332.